The van der Waals surface area contributed by atoms with E-state index in [4.69, 9.17) is 9.47 Å². The van der Waals surface area contributed by atoms with Gasteiger partial charge in [-0.2, -0.15) is 0 Å². The Labute approximate surface area is 161 Å². The number of nitrogens with zero attached hydrogens (tertiary/aromatic N) is 3. The van der Waals surface area contributed by atoms with Crippen LogP contribution in [0.15, 0.2) is 16.7 Å². The van der Waals surface area contributed by atoms with Crippen LogP contribution >= 0.6 is 15.9 Å². The number of carbonyl (C=O) groups excluding carboxylic acids is 1. The summed E-state index contributed by atoms with van der Waals surface area (Å²) in [7, 11) is 1.63. The minimum absolute atomic E-state index is 0.0811. The first-order chi connectivity index (χ1) is 12.3. The standard InChI is InChI=1S/C18H25BrN4O3/c1-18(2,3)26-17(24)20-12-7-5-6-11(10-12)15-21-22-16-14(19)13(25-4)8-9-23(15)16/h8-9,11-12H,5-7,10H2,1-4H3,(H,20,24)/t11-,12+/m0/s1. The van der Waals surface area contributed by atoms with Crippen LogP contribution < -0.4 is 10.1 Å². The van der Waals surface area contributed by atoms with Crippen LogP contribution in [0, 0.1) is 0 Å². The molecule has 142 valence electrons. The maximum absolute atomic E-state index is 12.1. The number of nitrogens with one attached hydrogen (secondary N) is 1. The predicted octanol–water partition coefficient (Wildman–Crippen LogP) is 4.05. The average molecular weight is 425 g/mol. The molecular formula is C18H25BrN4O3. The lowest BCUT2D eigenvalue weighted by molar-refractivity contribution is 0.0490. The Morgan fingerprint density at radius 3 is 2.81 bits per heavy atom. The Bertz CT molecular complexity index is 800. The van der Waals surface area contributed by atoms with E-state index in [1.54, 1.807) is 7.11 Å². The van der Waals surface area contributed by atoms with Gasteiger partial charge in [0.25, 0.3) is 0 Å². The zero-order chi connectivity index (χ0) is 18.9. The summed E-state index contributed by atoms with van der Waals surface area (Å²) in [5, 5.41) is 11.7. The second kappa shape index (κ2) is 7.42. The van der Waals surface area contributed by atoms with Gasteiger partial charge in [-0.15, -0.1) is 10.2 Å². The lowest BCUT2D eigenvalue weighted by Crippen LogP contribution is -2.41. The molecule has 1 fully saturated rings. The van der Waals surface area contributed by atoms with E-state index in [0.29, 0.717) is 0 Å². The van der Waals surface area contributed by atoms with Gasteiger partial charge in [-0.1, -0.05) is 6.42 Å². The molecule has 2 aromatic heterocycles. The lowest BCUT2D eigenvalue weighted by Gasteiger charge is -2.30. The fourth-order valence-electron chi connectivity index (χ4n) is 3.39. The molecule has 0 unspecified atom stereocenters. The maximum atomic E-state index is 12.1. The van der Waals surface area contributed by atoms with Crippen LogP contribution in [0.2, 0.25) is 0 Å². The first kappa shape index (κ1) is 18.9. The number of carbonyl (C=O) groups is 1. The molecule has 1 aliphatic rings. The van der Waals surface area contributed by atoms with Crippen molar-refractivity contribution in [3.63, 3.8) is 0 Å². The molecular weight excluding hydrogens is 400 g/mol. The van der Waals surface area contributed by atoms with Crippen molar-refractivity contribution in [2.24, 2.45) is 0 Å². The van der Waals surface area contributed by atoms with Crippen molar-refractivity contribution in [2.45, 2.75) is 64.0 Å². The zero-order valence-electron chi connectivity index (χ0n) is 15.6. The number of pyridine rings is 1. The number of fused-ring (bicyclic) bond motifs is 1. The first-order valence-corrected chi connectivity index (χ1v) is 9.64. The van der Waals surface area contributed by atoms with Crippen molar-refractivity contribution < 1.29 is 14.3 Å². The highest BCUT2D eigenvalue weighted by Crippen LogP contribution is 2.35. The van der Waals surface area contributed by atoms with Crippen LogP contribution in [0.3, 0.4) is 0 Å². The third-order valence-corrected chi connectivity index (χ3v) is 5.24. The van der Waals surface area contributed by atoms with Crippen LogP contribution in [-0.2, 0) is 4.74 Å². The normalized spacial score (nSPS) is 20.8. The molecule has 2 heterocycles. The minimum Gasteiger partial charge on any atom is -0.495 e. The molecule has 0 bridgehead atoms. The SMILES string of the molecule is COc1ccn2c([C@H]3CCC[C@@H](NC(=O)OC(C)(C)C)C3)nnc2c1Br. The van der Waals surface area contributed by atoms with E-state index in [-0.39, 0.29) is 18.1 Å². The first-order valence-electron chi connectivity index (χ1n) is 8.85. The number of amides is 1. The molecule has 7 nitrogen and oxygen atoms in total. The molecule has 3 rings (SSSR count). The van der Waals surface area contributed by atoms with E-state index in [2.05, 4.69) is 31.4 Å². The van der Waals surface area contributed by atoms with Crippen molar-refractivity contribution in [1.29, 1.82) is 0 Å². The average Bonchev–Trinajstić information content (AvgIpc) is 2.98. The van der Waals surface area contributed by atoms with Gasteiger partial charge in [-0.25, -0.2) is 4.79 Å². The second-order valence-corrected chi connectivity index (χ2v) is 8.45. The van der Waals surface area contributed by atoms with Gasteiger partial charge in [-0.3, -0.25) is 4.40 Å². The van der Waals surface area contributed by atoms with E-state index in [0.717, 1.165) is 47.4 Å². The summed E-state index contributed by atoms with van der Waals surface area (Å²) < 4.78 is 13.5. The van der Waals surface area contributed by atoms with Crippen LogP contribution in [0.5, 0.6) is 5.75 Å². The topological polar surface area (TPSA) is 77.8 Å². The van der Waals surface area contributed by atoms with Crippen LogP contribution in [0.25, 0.3) is 5.65 Å². The van der Waals surface area contributed by atoms with Crippen LogP contribution in [0.1, 0.15) is 58.2 Å². The van der Waals surface area contributed by atoms with Gasteiger partial charge in [0.15, 0.2) is 5.65 Å². The van der Waals surface area contributed by atoms with E-state index >= 15 is 0 Å². The van der Waals surface area contributed by atoms with Crippen molar-refractivity contribution in [3.8, 4) is 5.75 Å². The molecule has 1 N–H and O–H groups in total. The summed E-state index contributed by atoms with van der Waals surface area (Å²) in [4.78, 5) is 12.1. The Kier molecular flexibility index (Phi) is 5.41. The van der Waals surface area contributed by atoms with Gasteiger partial charge < -0.3 is 14.8 Å². The van der Waals surface area contributed by atoms with Gasteiger partial charge in [0.1, 0.15) is 21.6 Å². The van der Waals surface area contributed by atoms with Gasteiger partial charge in [0, 0.05) is 18.2 Å². The molecule has 1 saturated carbocycles. The highest BCUT2D eigenvalue weighted by atomic mass is 79.9. The van der Waals surface area contributed by atoms with E-state index in [1.165, 1.54) is 0 Å². The quantitative estimate of drug-likeness (QED) is 0.803. The Balaban J connectivity index is 1.75. The highest BCUT2D eigenvalue weighted by Gasteiger charge is 2.29. The van der Waals surface area contributed by atoms with E-state index in [1.807, 2.05) is 37.4 Å². The number of ether oxygens (including phenoxy) is 2. The fraction of sp³-hybridized carbons (Fsp3) is 0.611. The van der Waals surface area contributed by atoms with Gasteiger partial charge >= 0.3 is 6.09 Å². The number of methoxy groups -OCH3 is 1. The molecule has 0 spiro atoms. The monoisotopic (exact) mass is 424 g/mol. The van der Waals surface area contributed by atoms with Crippen LogP contribution in [-0.4, -0.2) is 39.4 Å². The molecule has 1 aliphatic carbocycles. The number of hydrogen-bond donors (Lipinski definition) is 1. The molecule has 0 radical (unpaired) electrons. The summed E-state index contributed by atoms with van der Waals surface area (Å²) in [6.07, 6.45) is 5.39. The van der Waals surface area contributed by atoms with Crippen molar-refractivity contribution in [2.75, 3.05) is 7.11 Å². The number of halogens is 1. The molecule has 0 aliphatic heterocycles. The summed E-state index contributed by atoms with van der Waals surface area (Å²) >= 11 is 3.53. The minimum atomic E-state index is -0.493. The third-order valence-electron chi connectivity index (χ3n) is 4.49. The van der Waals surface area contributed by atoms with Crippen LogP contribution in [0.4, 0.5) is 4.79 Å². The number of aromatic nitrogens is 3. The molecule has 26 heavy (non-hydrogen) atoms. The van der Waals surface area contributed by atoms with Crippen molar-refractivity contribution in [3.05, 3.63) is 22.6 Å². The number of rotatable bonds is 3. The van der Waals surface area contributed by atoms with Crippen molar-refractivity contribution >= 4 is 27.7 Å². The summed E-state index contributed by atoms with van der Waals surface area (Å²) in [6, 6.07) is 1.97. The molecule has 2 aromatic rings. The van der Waals surface area contributed by atoms with E-state index < -0.39 is 5.60 Å². The molecule has 2 atom stereocenters. The largest absolute Gasteiger partial charge is 0.495 e. The summed E-state index contributed by atoms with van der Waals surface area (Å²) in [5.74, 6) is 1.88. The smallest absolute Gasteiger partial charge is 0.407 e. The van der Waals surface area contributed by atoms with Gasteiger partial charge in [0.2, 0.25) is 0 Å². The predicted molar refractivity (Wildman–Crippen MR) is 102 cm³/mol. The second-order valence-electron chi connectivity index (χ2n) is 7.66. The summed E-state index contributed by atoms with van der Waals surface area (Å²) in [5.41, 5.74) is 0.244. The fourth-order valence-corrected chi connectivity index (χ4v) is 3.96. The molecule has 8 heteroatoms. The van der Waals surface area contributed by atoms with E-state index in [9.17, 15) is 4.79 Å². The van der Waals surface area contributed by atoms with Gasteiger partial charge in [-0.05, 0) is 62.0 Å². The number of alkyl carbamates (subject to hydrolysis) is 1. The number of hydrogen-bond acceptors (Lipinski definition) is 5. The Morgan fingerprint density at radius 2 is 2.12 bits per heavy atom. The Morgan fingerprint density at radius 1 is 1.35 bits per heavy atom. The van der Waals surface area contributed by atoms with Crippen molar-refractivity contribution in [1.82, 2.24) is 19.9 Å². The lowest BCUT2D eigenvalue weighted by atomic mass is 9.85. The molecule has 0 saturated heterocycles. The molecule has 0 aromatic carbocycles. The highest BCUT2D eigenvalue weighted by molar-refractivity contribution is 9.10. The molecule has 1 amide bonds. The maximum Gasteiger partial charge on any atom is 0.407 e. The zero-order valence-corrected chi connectivity index (χ0v) is 17.2. The van der Waals surface area contributed by atoms with Gasteiger partial charge in [0.05, 0.1) is 7.11 Å². The third kappa shape index (κ3) is 4.11. The summed E-state index contributed by atoms with van der Waals surface area (Å²) in [6.45, 7) is 5.60. The Hall–Kier alpha value is -1.83.